The smallest absolute Gasteiger partial charge is 0.329 e. The normalized spacial score (nSPS) is 20.2. The van der Waals surface area contributed by atoms with Gasteiger partial charge in [0.2, 0.25) is 10.0 Å². The summed E-state index contributed by atoms with van der Waals surface area (Å²) in [6.07, 6.45) is -3.03. The maximum Gasteiger partial charge on any atom is 0.416 e. The highest BCUT2D eigenvalue weighted by molar-refractivity contribution is 7.89. The molecule has 1 atom stereocenters. The predicted molar refractivity (Wildman–Crippen MR) is 93.0 cm³/mol. The molecule has 1 fully saturated rings. The van der Waals surface area contributed by atoms with Crippen LogP contribution in [0.15, 0.2) is 41.4 Å². The van der Waals surface area contributed by atoms with Crippen molar-refractivity contribution in [1.29, 1.82) is 0 Å². The molecular formula is C18H16F3N3O3S. The maximum atomic E-state index is 12.9. The van der Waals surface area contributed by atoms with Gasteiger partial charge in [-0.15, -0.1) is 0 Å². The van der Waals surface area contributed by atoms with Crippen LogP contribution in [0.1, 0.15) is 33.2 Å². The molecule has 1 aromatic carbocycles. The number of alkyl halides is 3. The number of piperazine rings is 1. The van der Waals surface area contributed by atoms with Crippen molar-refractivity contribution < 1.29 is 26.4 Å². The van der Waals surface area contributed by atoms with Gasteiger partial charge in [0.25, 0.3) is 5.91 Å². The van der Waals surface area contributed by atoms with Crippen LogP contribution < -0.4 is 0 Å². The predicted octanol–water partition coefficient (Wildman–Crippen LogP) is 2.61. The molecule has 0 bridgehead atoms. The minimum absolute atomic E-state index is 0.0472. The summed E-state index contributed by atoms with van der Waals surface area (Å²) in [5, 5.41) is 0. The monoisotopic (exact) mass is 411 g/mol. The zero-order valence-electron chi connectivity index (χ0n) is 14.8. The van der Waals surface area contributed by atoms with E-state index in [2.05, 4.69) is 4.98 Å². The molecule has 1 saturated heterocycles. The molecule has 2 aliphatic rings. The number of halogens is 3. The van der Waals surface area contributed by atoms with Gasteiger partial charge < -0.3 is 4.90 Å². The van der Waals surface area contributed by atoms with Crippen molar-refractivity contribution in [2.45, 2.75) is 24.0 Å². The van der Waals surface area contributed by atoms with Gasteiger partial charge in [-0.1, -0.05) is 0 Å². The molecule has 3 heterocycles. The third-order valence-electron chi connectivity index (χ3n) is 5.09. The van der Waals surface area contributed by atoms with Gasteiger partial charge in [-0.25, -0.2) is 8.42 Å². The van der Waals surface area contributed by atoms with Crippen LogP contribution in [0.3, 0.4) is 0 Å². The lowest BCUT2D eigenvalue weighted by atomic mass is 10.1. The molecule has 4 rings (SSSR count). The Morgan fingerprint density at radius 3 is 2.46 bits per heavy atom. The van der Waals surface area contributed by atoms with E-state index in [0.717, 1.165) is 35.5 Å². The van der Waals surface area contributed by atoms with Crippen LogP contribution in [0.25, 0.3) is 0 Å². The van der Waals surface area contributed by atoms with Crippen LogP contribution in [0.4, 0.5) is 13.2 Å². The van der Waals surface area contributed by atoms with E-state index in [-0.39, 0.29) is 30.4 Å². The fourth-order valence-electron chi connectivity index (χ4n) is 3.64. The number of fused-ring (bicyclic) bond motifs is 3. The van der Waals surface area contributed by atoms with Crippen molar-refractivity contribution >= 4 is 15.9 Å². The van der Waals surface area contributed by atoms with Crippen molar-refractivity contribution in [2.24, 2.45) is 0 Å². The number of pyridine rings is 1. The number of nitrogens with zero attached hydrogens (tertiary/aromatic N) is 3. The number of benzene rings is 1. The Labute approximate surface area is 159 Å². The van der Waals surface area contributed by atoms with E-state index in [4.69, 9.17) is 0 Å². The first-order chi connectivity index (χ1) is 13.1. The first kappa shape index (κ1) is 18.9. The van der Waals surface area contributed by atoms with Gasteiger partial charge in [0.15, 0.2) is 0 Å². The highest BCUT2D eigenvalue weighted by atomic mass is 32.2. The van der Waals surface area contributed by atoms with Gasteiger partial charge in [0.05, 0.1) is 22.1 Å². The third kappa shape index (κ3) is 2.96. The highest BCUT2D eigenvalue weighted by Gasteiger charge is 2.43. The average Bonchev–Trinajstić information content (AvgIpc) is 2.92. The lowest BCUT2D eigenvalue weighted by Gasteiger charge is -2.37. The maximum absolute atomic E-state index is 12.9. The van der Waals surface area contributed by atoms with Crippen molar-refractivity contribution in [3.05, 3.63) is 58.9 Å². The topological polar surface area (TPSA) is 70.6 Å². The standard InChI is InChI=1S/C18H16F3N3O3S/c1-11-8-14-15(9-22-11)17(25)24-7-6-23(10-16(14)24)28(26,27)13-4-2-12(3-5-13)18(19,20)21/h2-5,8-9,16H,6-7,10H2,1H3. The number of aryl methyl sites for hydroxylation is 1. The first-order valence-electron chi connectivity index (χ1n) is 8.54. The largest absolute Gasteiger partial charge is 0.416 e. The number of sulfonamides is 1. The molecule has 28 heavy (non-hydrogen) atoms. The van der Waals surface area contributed by atoms with E-state index in [0.29, 0.717) is 5.56 Å². The summed E-state index contributed by atoms with van der Waals surface area (Å²) < 4.78 is 65.2. The van der Waals surface area contributed by atoms with Crippen molar-refractivity contribution in [3.8, 4) is 0 Å². The second-order valence-electron chi connectivity index (χ2n) is 6.81. The number of carbonyl (C=O) groups is 1. The molecule has 2 aromatic rings. The zero-order valence-corrected chi connectivity index (χ0v) is 15.6. The molecule has 0 radical (unpaired) electrons. The van der Waals surface area contributed by atoms with Crippen molar-refractivity contribution in [2.75, 3.05) is 19.6 Å². The van der Waals surface area contributed by atoms with Gasteiger partial charge in [-0.05, 0) is 42.8 Å². The molecule has 1 amide bonds. The number of hydrogen-bond donors (Lipinski definition) is 0. The highest BCUT2D eigenvalue weighted by Crippen LogP contribution is 2.38. The minimum Gasteiger partial charge on any atom is -0.329 e. The number of carbonyl (C=O) groups excluding carboxylic acids is 1. The molecule has 0 N–H and O–H groups in total. The Hall–Kier alpha value is -2.46. The summed E-state index contributed by atoms with van der Waals surface area (Å²) in [5.74, 6) is -0.181. The second kappa shape index (κ2) is 6.28. The van der Waals surface area contributed by atoms with E-state index in [1.807, 2.05) is 0 Å². The number of amides is 1. The summed E-state index contributed by atoms with van der Waals surface area (Å²) in [7, 11) is -3.98. The quantitative estimate of drug-likeness (QED) is 0.762. The Kier molecular flexibility index (Phi) is 4.23. The van der Waals surface area contributed by atoms with Crippen molar-refractivity contribution in [1.82, 2.24) is 14.2 Å². The van der Waals surface area contributed by atoms with E-state index in [1.54, 1.807) is 17.9 Å². The molecule has 1 aromatic heterocycles. The van der Waals surface area contributed by atoms with Gasteiger partial charge in [-0.2, -0.15) is 17.5 Å². The molecule has 0 saturated carbocycles. The fraction of sp³-hybridized carbons (Fsp3) is 0.333. The van der Waals surface area contributed by atoms with E-state index < -0.39 is 27.8 Å². The SMILES string of the molecule is Cc1cc2c(cn1)C(=O)N1CCN(S(=O)(=O)c3ccc(C(F)(F)F)cc3)CC21. The second-order valence-corrected chi connectivity index (χ2v) is 8.75. The molecule has 10 heteroatoms. The van der Waals surface area contributed by atoms with Crippen LogP contribution in [0, 0.1) is 6.92 Å². The molecule has 1 unspecified atom stereocenters. The fourth-order valence-corrected chi connectivity index (χ4v) is 5.08. The van der Waals surface area contributed by atoms with E-state index in [1.165, 1.54) is 10.5 Å². The lowest BCUT2D eigenvalue weighted by molar-refractivity contribution is -0.137. The molecular weight excluding hydrogens is 395 g/mol. The molecule has 148 valence electrons. The minimum atomic E-state index is -4.53. The number of hydrogen-bond acceptors (Lipinski definition) is 4. The lowest BCUT2D eigenvalue weighted by Crippen LogP contribution is -2.49. The molecule has 2 aliphatic heterocycles. The van der Waals surface area contributed by atoms with Gasteiger partial charge in [0, 0.05) is 31.5 Å². The van der Waals surface area contributed by atoms with Crippen LogP contribution in [-0.4, -0.2) is 48.1 Å². The summed E-state index contributed by atoms with van der Waals surface area (Å²) in [5.41, 5.74) is 1.000. The van der Waals surface area contributed by atoms with Gasteiger partial charge in [-0.3, -0.25) is 9.78 Å². The number of rotatable bonds is 2. The van der Waals surface area contributed by atoms with Crippen LogP contribution >= 0.6 is 0 Å². The zero-order chi connectivity index (χ0) is 20.3. The summed E-state index contributed by atoms with van der Waals surface area (Å²) >= 11 is 0. The van der Waals surface area contributed by atoms with Crippen LogP contribution in [0.5, 0.6) is 0 Å². The molecule has 6 nitrogen and oxygen atoms in total. The Morgan fingerprint density at radius 1 is 1.14 bits per heavy atom. The first-order valence-corrected chi connectivity index (χ1v) is 9.98. The van der Waals surface area contributed by atoms with Gasteiger partial charge in [0.1, 0.15) is 0 Å². The Balaban J connectivity index is 1.63. The van der Waals surface area contributed by atoms with Crippen molar-refractivity contribution in [3.63, 3.8) is 0 Å². The molecule has 0 spiro atoms. The van der Waals surface area contributed by atoms with Gasteiger partial charge >= 0.3 is 6.18 Å². The Morgan fingerprint density at radius 2 is 1.82 bits per heavy atom. The van der Waals surface area contributed by atoms with Crippen LogP contribution in [-0.2, 0) is 16.2 Å². The summed E-state index contributed by atoms with van der Waals surface area (Å²) in [4.78, 5) is 18.1. The summed E-state index contributed by atoms with van der Waals surface area (Å²) in [6.45, 7) is 2.11. The average molecular weight is 411 g/mol. The third-order valence-corrected chi connectivity index (χ3v) is 6.96. The Bertz CT molecular complexity index is 1050. The molecule has 0 aliphatic carbocycles. The summed E-state index contributed by atoms with van der Waals surface area (Å²) in [6, 6.07) is 4.78. The van der Waals surface area contributed by atoms with E-state index in [9.17, 15) is 26.4 Å². The number of aromatic nitrogens is 1. The van der Waals surface area contributed by atoms with E-state index >= 15 is 0 Å². The van der Waals surface area contributed by atoms with Crippen LogP contribution in [0.2, 0.25) is 0 Å².